The molecule has 0 radical (unpaired) electrons. The number of methoxy groups -OCH3 is 1. The normalized spacial score (nSPS) is 16.0. The van der Waals surface area contributed by atoms with Crippen molar-refractivity contribution in [2.24, 2.45) is 5.41 Å². The summed E-state index contributed by atoms with van der Waals surface area (Å²) in [6.45, 7) is 4.14. The number of ether oxygens (including phenoxy) is 1. The Morgan fingerprint density at radius 2 is 1.89 bits per heavy atom. The summed E-state index contributed by atoms with van der Waals surface area (Å²) in [5, 5.41) is 2.87. The number of amides is 1. The lowest BCUT2D eigenvalue weighted by atomic mass is 10.00. The van der Waals surface area contributed by atoms with Crippen LogP contribution in [-0.2, 0) is 14.3 Å². The highest BCUT2D eigenvalue weighted by atomic mass is 16.5. The molecule has 1 aliphatic rings. The molecular weight excluding hydrogens is 242 g/mol. The number of benzene rings is 1. The van der Waals surface area contributed by atoms with Crippen molar-refractivity contribution in [1.82, 2.24) is 0 Å². The fourth-order valence-corrected chi connectivity index (χ4v) is 2.20. The summed E-state index contributed by atoms with van der Waals surface area (Å²) in [6.07, 6.45) is 1.13. The lowest BCUT2D eigenvalue weighted by Gasteiger charge is -2.17. The van der Waals surface area contributed by atoms with E-state index in [1.54, 1.807) is 0 Å². The second-order valence-corrected chi connectivity index (χ2v) is 5.27. The number of carbonyl (C=O) groups is 2. The zero-order valence-electron chi connectivity index (χ0n) is 11.5. The number of esters is 1. The number of hydrogen-bond acceptors (Lipinski definition) is 3. The van der Waals surface area contributed by atoms with Crippen LogP contribution in [0.5, 0.6) is 0 Å². The Morgan fingerprint density at radius 3 is 2.42 bits per heavy atom. The van der Waals surface area contributed by atoms with Crippen LogP contribution in [0.3, 0.4) is 0 Å². The van der Waals surface area contributed by atoms with E-state index in [0.29, 0.717) is 18.8 Å². The average molecular weight is 261 g/mol. The van der Waals surface area contributed by atoms with E-state index >= 15 is 0 Å². The van der Waals surface area contributed by atoms with Crippen LogP contribution in [-0.4, -0.2) is 19.0 Å². The SMILES string of the molecule is COC(=O)C1(C(=O)Nc2ccccc2C(C)C)CC1. The molecule has 0 bridgehead atoms. The van der Waals surface area contributed by atoms with E-state index in [1.807, 2.05) is 24.3 Å². The molecule has 0 aliphatic heterocycles. The Morgan fingerprint density at radius 1 is 1.26 bits per heavy atom. The molecule has 1 aliphatic carbocycles. The first kappa shape index (κ1) is 13.6. The van der Waals surface area contributed by atoms with Crippen molar-refractivity contribution in [2.75, 3.05) is 12.4 Å². The molecule has 4 nitrogen and oxygen atoms in total. The van der Waals surface area contributed by atoms with Crippen LogP contribution in [0.25, 0.3) is 0 Å². The zero-order valence-corrected chi connectivity index (χ0v) is 11.5. The van der Waals surface area contributed by atoms with Crippen molar-refractivity contribution in [1.29, 1.82) is 0 Å². The highest BCUT2D eigenvalue weighted by Crippen LogP contribution is 2.47. The van der Waals surface area contributed by atoms with Gasteiger partial charge in [0.15, 0.2) is 0 Å². The second kappa shape index (κ2) is 5.03. The van der Waals surface area contributed by atoms with Crippen molar-refractivity contribution in [2.45, 2.75) is 32.6 Å². The van der Waals surface area contributed by atoms with Crippen molar-refractivity contribution < 1.29 is 14.3 Å². The third-order valence-corrected chi connectivity index (χ3v) is 3.59. The van der Waals surface area contributed by atoms with E-state index in [1.165, 1.54) is 7.11 Å². The van der Waals surface area contributed by atoms with Gasteiger partial charge in [0.1, 0.15) is 5.41 Å². The van der Waals surface area contributed by atoms with E-state index < -0.39 is 11.4 Å². The predicted molar refractivity (Wildman–Crippen MR) is 72.8 cm³/mol. The van der Waals surface area contributed by atoms with Gasteiger partial charge in [0.05, 0.1) is 7.11 Å². The molecule has 1 N–H and O–H groups in total. The van der Waals surface area contributed by atoms with Crippen molar-refractivity contribution >= 4 is 17.6 Å². The molecule has 0 spiro atoms. The molecule has 0 atom stereocenters. The Hall–Kier alpha value is -1.84. The maximum Gasteiger partial charge on any atom is 0.321 e. The highest BCUT2D eigenvalue weighted by molar-refractivity contribution is 6.11. The lowest BCUT2D eigenvalue weighted by molar-refractivity contribution is -0.150. The van der Waals surface area contributed by atoms with Crippen LogP contribution in [0.2, 0.25) is 0 Å². The van der Waals surface area contributed by atoms with Crippen molar-refractivity contribution in [3.05, 3.63) is 29.8 Å². The summed E-state index contributed by atoms with van der Waals surface area (Å²) in [4.78, 5) is 23.9. The fourth-order valence-electron chi connectivity index (χ4n) is 2.20. The summed E-state index contributed by atoms with van der Waals surface area (Å²) in [6, 6.07) is 7.66. The molecule has 0 unspecified atom stereocenters. The minimum Gasteiger partial charge on any atom is -0.468 e. The molecule has 19 heavy (non-hydrogen) atoms. The molecule has 0 aromatic heterocycles. The number of para-hydroxylation sites is 1. The number of nitrogens with one attached hydrogen (secondary N) is 1. The van der Waals surface area contributed by atoms with Gasteiger partial charge >= 0.3 is 5.97 Å². The van der Waals surface area contributed by atoms with Gasteiger partial charge in [-0.1, -0.05) is 32.0 Å². The highest BCUT2D eigenvalue weighted by Gasteiger charge is 2.57. The Balaban J connectivity index is 2.19. The maximum absolute atomic E-state index is 12.3. The molecule has 1 fully saturated rings. The third-order valence-electron chi connectivity index (χ3n) is 3.59. The van der Waals surface area contributed by atoms with Crippen LogP contribution in [0.1, 0.15) is 38.2 Å². The van der Waals surface area contributed by atoms with E-state index in [9.17, 15) is 9.59 Å². The van der Waals surface area contributed by atoms with E-state index in [4.69, 9.17) is 4.74 Å². The molecule has 1 saturated carbocycles. The molecule has 4 heteroatoms. The largest absolute Gasteiger partial charge is 0.468 e. The average Bonchev–Trinajstić information content (AvgIpc) is 3.19. The molecule has 2 rings (SSSR count). The number of hydrogen-bond donors (Lipinski definition) is 1. The molecule has 1 aromatic rings. The standard InChI is InChI=1S/C15H19NO3/c1-10(2)11-6-4-5-7-12(11)16-13(17)15(8-9-15)14(18)19-3/h4-7,10H,8-9H2,1-3H3,(H,16,17). The van der Waals surface area contributed by atoms with Crippen LogP contribution in [0, 0.1) is 5.41 Å². The van der Waals surface area contributed by atoms with E-state index in [0.717, 1.165) is 11.3 Å². The molecule has 102 valence electrons. The minimum absolute atomic E-state index is 0.257. The van der Waals surface area contributed by atoms with Crippen molar-refractivity contribution in [3.63, 3.8) is 0 Å². The van der Waals surface area contributed by atoms with Gasteiger partial charge in [-0.25, -0.2) is 0 Å². The Bertz CT molecular complexity index is 504. The predicted octanol–water partition coefficient (Wildman–Crippen LogP) is 2.70. The van der Waals surface area contributed by atoms with E-state index in [-0.39, 0.29) is 5.91 Å². The van der Waals surface area contributed by atoms with E-state index in [2.05, 4.69) is 19.2 Å². The summed E-state index contributed by atoms with van der Waals surface area (Å²) in [5.41, 5.74) is 0.882. The van der Waals surface area contributed by atoms with Gasteiger partial charge in [0.25, 0.3) is 0 Å². The van der Waals surface area contributed by atoms with Gasteiger partial charge in [0.2, 0.25) is 5.91 Å². The second-order valence-electron chi connectivity index (χ2n) is 5.27. The molecule has 1 amide bonds. The summed E-state index contributed by atoms with van der Waals surface area (Å²) in [7, 11) is 1.32. The lowest BCUT2D eigenvalue weighted by Crippen LogP contribution is -2.32. The van der Waals surface area contributed by atoms with Crippen LogP contribution < -0.4 is 5.32 Å². The number of carbonyl (C=O) groups excluding carboxylic acids is 2. The number of rotatable bonds is 4. The molecular formula is C15H19NO3. The van der Waals surface area contributed by atoms with Gasteiger partial charge in [-0.3, -0.25) is 9.59 Å². The smallest absolute Gasteiger partial charge is 0.321 e. The van der Waals surface area contributed by atoms with Crippen LogP contribution in [0.15, 0.2) is 24.3 Å². The third kappa shape index (κ3) is 2.48. The monoisotopic (exact) mass is 261 g/mol. The first-order valence-electron chi connectivity index (χ1n) is 6.50. The quantitative estimate of drug-likeness (QED) is 0.669. The first-order valence-corrected chi connectivity index (χ1v) is 6.50. The molecule has 1 aromatic carbocycles. The summed E-state index contributed by atoms with van der Waals surface area (Å²) >= 11 is 0. The first-order chi connectivity index (χ1) is 9.01. The summed E-state index contributed by atoms with van der Waals surface area (Å²) in [5.74, 6) is -0.385. The number of anilines is 1. The summed E-state index contributed by atoms with van der Waals surface area (Å²) < 4.78 is 4.71. The minimum atomic E-state index is -0.959. The van der Waals surface area contributed by atoms with Gasteiger partial charge in [0, 0.05) is 5.69 Å². The Labute approximate surface area is 113 Å². The van der Waals surface area contributed by atoms with Gasteiger partial charge < -0.3 is 10.1 Å². The molecule has 0 heterocycles. The Kier molecular flexibility index (Phi) is 3.60. The molecule has 0 saturated heterocycles. The fraction of sp³-hybridized carbons (Fsp3) is 0.467. The zero-order chi connectivity index (χ0) is 14.0. The maximum atomic E-state index is 12.3. The van der Waals surface area contributed by atoms with Crippen molar-refractivity contribution in [3.8, 4) is 0 Å². The van der Waals surface area contributed by atoms with Crippen LogP contribution in [0.4, 0.5) is 5.69 Å². The van der Waals surface area contributed by atoms with Gasteiger partial charge in [-0.05, 0) is 30.4 Å². The van der Waals surface area contributed by atoms with Crippen LogP contribution >= 0.6 is 0 Å². The van der Waals surface area contributed by atoms with Gasteiger partial charge in [-0.15, -0.1) is 0 Å². The topological polar surface area (TPSA) is 55.4 Å². The van der Waals surface area contributed by atoms with Gasteiger partial charge in [-0.2, -0.15) is 0 Å².